The van der Waals surface area contributed by atoms with Crippen LogP contribution in [0.1, 0.15) is 39.0 Å². The highest BCUT2D eigenvalue weighted by molar-refractivity contribution is 7.99. The second-order valence-electron chi connectivity index (χ2n) is 5.29. The molecule has 1 saturated carbocycles. The third-order valence-corrected chi connectivity index (χ3v) is 4.71. The van der Waals surface area contributed by atoms with Crippen LogP contribution >= 0.6 is 11.8 Å². The van der Waals surface area contributed by atoms with Crippen molar-refractivity contribution in [2.24, 2.45) is 0 Å². The van der Waals surface area contributed by atoms with Gasteiger partial charge in [-0.1, -0.05) is 13.3 Å². The molecule has 0 saturated heterocycles. The second kappa shape index (κ2) is 7.57. The maximum atomic E-state index is 5.78. The van der Waals surface area contributed by atoms with Gasteiger partial charge in [-0.15, -0.1) is 0 Å². The van der Waals surface area contributed by atoms with Crippen molar-refractivity contribution in [1.82, 2.24) is 9.97 Å². The molecule has 1 aliphatic rings. The van der Waals surface area contributed by atoms with Gasteiger partial charge in [-0.3, -0.25) is 0 Å². The molecular weight excluding hydrogens is 270 g/mol. The largest absolute Gasteiger partial charge is 0.370 e. The summed E-state index contributed by atoms with van der Waals surface area (Å²) in [5, 5.41) is 7.54. The summed E-state index contributed by atoms with van der Waals surface area (Å²) >= 11 is 1.97. The Morgan fingerprint density at radius 1 is 1.35 bits per heavy atom. The highest BCUT2D eigenvalue weighted by Gasteiger charge is 2.21. The van der Waals surface area contributed by atoms with Crippen LogP contribution in [0.5, 0.6) is 0 Å². The van der Waals surface area contributed by atoms with Crippen molar-refractivity contribution >= 4 is 29.3 Å². The van der Waals surface area contributed by atoms with Gasteiger partial charge in [0.05, 0.1) is 0 Å². The molecule has 0 aromatic carbocycles. The first-order valence-electron chi connectivity index (χ1n) is 7.39. The minimum atomic E-state index is 0.325. The first kappa shape index (κ1) is 15.2. The van der Waals surface area contributed by atoms with Gasteiger partial charge in [0.25, 0.3) is 0 Å². The predicted octanol–water partition coefficient (Wildman–Crippen LogP) is 2.97. The second-order valence-corrected chi connectivity index (χ2v) is 6.43. The Labute approximate surface area is 125 Å². The average molecular weight is 295 g/mol. The summed E-state index contributed by atoms with van der Waals surface area (Å²) in [4.78, 5) is 8.50. The molecule has 5 nitrogen and oxygen atoms in total. The zero-order valence-corrected chi connectivity index (χ0v) is 13.2. The molecular formula is C14H25N5S. The van der Waals surface area contributed by atoms with Gasteiger partial charge in [-0.2, -0.15) is 21.7 Å². The number of nitrogens with zero attached hydrogens (tertiary/aromatic N) is 2. The van der Waals surface area contributed by atoms with Gasteiger partial charge in [0.2, 0.25) is 5.95 Å². The van der Waals surface area contributed by atoms with E-state index < -0.39 is 0 Å². The number of nitrogens with one attached hydrogen (secondary N) is 2. The van der Waals surface area contributed by atoms with Gasteiger partial charge in [0.1, 0.15) is 11.6 Å². The average Bonchev–Trinajstić information content (AvgIpc) is 2.44. The molecule has 0 radical (unpaired) electrons. The first-order valence-corrected chi connectivity index (χ1v) is 8.67. The van der Waals surface area contributed by atoms with E-state index in [0.717, 1.165) is 29.9 Å². The molecule has 0 amide bonds. The Bertz CT molecular complexity index is 426. The zero-order valence-electron chi connectivity index (χ0n) is 12.4. The van der Waals surface area contributed by atoms with Crippen molar-refractivity contribution in [3.05, 3.63) is 6.07 Å². The van der Waals surface area contributed by atoms with Crippen molar-refractivity contribution < 1.29 is 0 Å². The van der Waals surface area contributed by atoms with Crippen LogP contribution in [0.25, 0.3) is 0 Å². The highest BCUT2D eigenvalue weighted by Crippen LogP contribution is 2.28. The molecule has 20 heavy (non-hydrogen) atoms. The SMILES string of the molecule is CCCNc1cc(NC2CCCC(SC)C2)nc(N)n1. The summed E-state index contributed by atoms with van der Waals surface area (Å²) in [5.74, 6) is 1.97. The molecule has 1 aromatic rings. The molecule has 2 atom stereocenters. The fraction of sp³-hybridized carbons (Fsp3) is 0.714. The monoisotopic (exact) mass is 295 g/mol. The lowest BCUT2D eigenvalue weighted by Gasteiger charge is -2.29. The molecule has 112 valence electrons. The summed E-state index contributed by atoms with van der Waals surface area (Å²) in [6.07, 6.45) is 8.27. The molecule has 6 heteroatoms. The van der Waals surface area contributed by atoms with Crippen LogP contribution in [-0.2, 0) is 0 Å². The smallest absolute Gasteiger partial charge is 0.223 e. The van der Waals surface area contributed by atoms with E-state index in [1.165, 1.54) is 25.7 Å². The van der Waals surface area contributed by atoms with E-state index in [1.54, 1.807) is 0 Å². The molecule has 1 aromatic heterocycles. The van der Waals surface area contributed by atoms with Gasteiger partial charge in [0, 0.05) is 23.9 Å². The number of hydrogen-bond acceptors (Lipinski definition) is 6. The van der Waals surface area contributed by atoms with Crippen LogP contribution in [0.4, 0.5) is 17.6 Å². The van der Waals surface area contributed by atoms with Crippen LogP contribution in [0.3, 0.4) is 0 Å². The van der Waals surface area contributed by atoms with E-state index in [1.807, 2.05) is 17.8 Å². The summed E-state index contributed by atoms with van der Waals surface area (Å²) in [5.41, 5.74) is 5.78. The Morgan fingerprint density at radius 2 is 2.15 bits per heavy atom. The molecule has 0 bridgehead atoms. The van der Waals surface area contributed by atoms with Crippen LogP contribution in [0.15, 0.2) is 6.07 Å². The Kier molecular flexibility index (Phi) is 5.76. The molecule has 2 unspecified atom stereocenters. The molecule has 1 aliphatic carbocycles. The molecule has 0 aliphatic heterocycles. The third-order valence-electron chi connectivity index (χ3n) is 3.61. The molecule has 0 spiro atoms. The zero-order chi connectivity index (χ0) is 14.4. The van der Waals surface area contributed by atoms with Crippen LogP contribution < -0.4 is 16.4 Å². The maximum Gasteiger partial charge on any atom is 0.223 e. The molecule has 1 fully saturated rings. The Hall–Kier alpha value is -1.17. The fourth-order valence-corrected chi connectivity index (χ4v) is 3.41. The molecule has 2 rings (SSSR count). The summed E-state index contributed by atoms with van der Waals surface area (Å²) in [7, 11) is 0. The number of anilines is 3. The minimum absolute atomic E-state index is 0.325. The number of rotatable bonds is 6. The van der Waals surface area contributed by atoms with Crippen molar-refractivity contribution in [3.8, 4) is 0 Å². The number of hydrogen-bond donors (Lipinski definition) is 3. The van der Waals surface area contributed by atoms with E-state index in [4.69, 9.17) is 5.73 Å². The van der Waals surface area contributed by atoms with E-state index in [9.17, 15) is 0 Å². The quantitative estimate of drug-likeness (QED) is 0.749. The van der Waals surface area contributed by atoms with E-state index in [0.29, 0.717) is 12.0 Å². The van der Waals surface area contributed by atoms with Gasteiger partial charge >= 0.3 is 0 Å². The Balaban J connectivity index is 1.99. The fourth-order valence-electron chi connectivity index (χ4n) is 2.58. The van der Waals surface area contributed by atoms with Crippen molar-refractivity contribution in [2.75, 3.05) is 29.2 Å². The normalized spacial score (nSPS) is 22.5. The number of aromatic nitrogens is 2. The lowest BCUT2D eigenvalue weighted by atomic mass is 9.95. The lowest BCUT2D eigenvalue weighted by Crippen LogP contribution is -2.29. The van der Waals surface area contributed by atoms with Gasteiger partial charge in [-0.25, -0.2) is 0 Å². The topological polar surface area (TPSA) is 75.9 Å². The van der Waals surface area contributed by atoms with Crippen LogP contribution in [0, 0.1) is 0 Å². The van der Waals surface area contributed by atoms with Crippen LogP contribution in [-0.4, -0.2) is 34.1 Å². The van der Waals surface area contributed by atoms with E-state index >= 15 is 0 Å². The van der Waals surface area contributed by atoms with Crippen molar-refractivity contribution in [2.45, 2.75) is 50.3 Å². The first-order chi connectivity index (χ1) is 9.71. The van der Waals surface area contributed by atoms with E-state index in [-0.39, 0.29) is 0 Å². The number of nitrogens with two attached hydrogens (primary N) is 1. The van der Waals surface area contributed by atoms with Gasteiger partial charge < -0.3 is 16.4 Å². The molecule has 4 N–H and O–H groups in total. The van der Waals surface area contributed by atoms with Gasteiger partial charge in [-0.05, 0) is 31.9 Å². The Morgan fingerprint density at radius 3 is 2.90 bits per heavy atom. The maximum absolute atomic E-state index is 5.78. The van der Waals surface area contributed by atoms with Gasteiger partial charge in [0.15, 0.2) is 0 Å². The third kappa shape index (κ3) is 4.44. The summed E-state index contributed by atoms with van der Waals surface area (Å²) in [6, 6.07) is 2.45. The number of thioether (sulfide) groups is 1. The van der Waals surface area contributed by atoms with E-state index in [2.05, 4.69) is 33.8 Å². The lowest BCUT2D eigenvalue weighted by molar-refractivity contribution is 0.473. The highest BCUT2D eigenvalue weighted by atomic mass is 32.2. The minimum Gasteiger partial charge on any atom is -0.370 e. The van der Waals surface area contributed by atoms with Crippen molar-refractivity contribution in [3.63, 3.8) is 0 Å². The standard InChI is InChI=1S/C14H25N5S/c1-3-7-16-12-9-13(19-14(15)18-12)17-10-5-4-6-11(8-10)20-2/h9-11H,3-8H2,1-2H3,(H4,15,16,17,18,19). The summed E-state index contributed by atoms with van der Waals surface area (Å²) < 4.78 is 0. The van der Waals surface area contributed by atoms with Crippen LogP contribution in [0.2, 0.25) is 0 Å². The van der Waals surface area contributed by atoms with Crippen molar-refractivity contribution in [1.29, 1.82) is 0 Å². The number of nitrogen functional groups attached to an aromatic ring is 1. The summed E-state index contributed by atoms with van der Waals surface area (Å²) in [6.45, 7) is 3.02. The molecule has 1 heterocycles. The predicted molar refractivity (Wildman–Crippen MR) is 88.4 cm³/mol.